The lowest BCUT2D eigenvalue weighted by Crippen LogP contribution is -2.49. The zero-order valence-corrected chi connectivity index (χ0v) is 17.0. The molecule has 4 nitrogen and oxygen atoms in total. The molecule has 0 saturated heterocycles. The van der Waals surface area contributed by atoms with Gasteiger partial charge < -0.3 is 10.2 Å². The summed E-state index contributed by atoms with van der Waals surface area (Å²) in [6.07, 6.45) is 1.47. The first-order valence-corrected chi connectivity index (χ1v) is 9.88. The third kappa shape index (κ3) is 6.34. The van der Waals surface area contributed by atoms with Crippen LogP contribution in [-0.4, -0.2) is 29.3 Å². The van der Waals surface area contributed by atoms with E-state index in [0.717, 1.165) is 17.5 Å². The predicted molar refractivity (Wildman–Crippen MR) is 109 cm³/mol. The van der Waals surface area contributed by atoms with Crippen LogP contribution in [0.4, 0.5) is 4.39 Å². The lowest BCUT2D eigenvalue weighted by Gasteiger charge is -2.30. The van der Waals surface area contributed by atoms with Crippen LogP contribution in [0.25, 0.3) is 0 Å². The van der Waals surface area contributed by atoms with E-state index in [9.17, 15) is 14.0 Å². The van der Waals surface area contributed by atoms with E-state index in [1.165, 1.54) is 12.1 Å². The molecule has 0 heterocycles. The van der Waals surface area contributed by atoms with Gasteiger partial charge in [0.25, 0.3) is 0 Å². The molecule has 0 bridgehead atoms. The van der Waals surface area contributed by atoms with Gasteiger partial charge in [0, 0.05) is 18.1 Å². The molecule has 0 fully saturated rings. The normalized spacial score (nSPS) is 11.7. The molecule has 2 amide bonds. The van der Waals surface area contributed by atoms with E-state index in [0.29, 0.717) is 18.0 Å². The first-order valence-electron chi connectivity index (χ1n) is 9.50. The summed E-state index contributed by atoms with van der Waals surface area (Å²) in [6.45, 7) is 4.66. The molecule has 150 valence electrons. The van der Waals surface area contributed by atoms with Gasteiger partial charge in [0.1, 0.15) is 11.9 Å². The highest BCUT2D eigenvalue weighted by Crippen LogP contribution is 2.16. The monoisotopic (exact) mass is 404 g/mol. The molecular formula is C22H26ClFN2O2. The second-order valence-corrected chi connectivity index (χ2v) is 7.10. The second kappa shape index (κ2) is 10.8. The molecule has 0 aliphatic carbocycles. The SMILES string of the molecule is CCCNC(=O)[C@@H](CC)N(Cc1ccc(F)cc1)C(=O)Cc1ccc(Cl)cc1. The number of nitrogens with one attached hydrogen (secondary N) is 1. The first-order chi connectivity index (χ1) is 13.4. The lowest BCUT2D eigenvalue weighted by molar-refractivity contribution is -0.140. The molecule has 0 aliphatic heterocycles. The summed E-state index contributed by atoms with van der Waals surface area (Å²) < 4.78 is 13.2. The van der Waals surface area contributed by atoms with Crippen LogP contribution >= 0.6 is 11.6 Å². The topological polar surface area (TPSA) is 49.4 Å². The summed E-state index contributed by atoms with van der Waals surface area (Å²) in [5.41, 5.74) is 1.59. The number of nitrogens with zero attached hydrogens (tertiary/aromatic N) is 1. The Labute approximate surface area is 170 Å². The standard InChI is InChI=1S/C22H26ClFN2O2/c1-3-13-25-22(28)20(4-2)26(15-17-7-11-19(24)12-8-17)21(27)14-16-5-9-18(23)10-6-16/h5-12,20H,3-4,13-15H2,1-2H3,(H,25,28)/t20-/m1/s1. The molecular weight excluding hydrogens is 379 g/mol. The highest BCUT2D eigenvalue weighted by atomic mass is 35.5. The maximum absolute atomic E-state index is 13.2. The molecule has 0 spiro atoms. The van der Waals surface area contributed by atoms with Crippen molar-refractivity contribution in [3.8, 4) is 0 Å². The van der Waals surface area contributed by atoms with Gasteiger partial charge in [-0.15, -0.1) is 0 Å². The number of amides is 2. The van der Waals surface area contributed by atoms with Crippen LogP contribution in [0.2, 0.25) is 5.02 Å². The van der Waals surface area contributed by atoms with Crippen LogP contribution in [0.1, 0.15) is 37.8 Å². The highest BCUT2D eigenvalue weighted by Gasteiger charge is 2.28. The number of hydrogen-bond acceptors (Lipinski definition) is 2. The Morgan fingerprint density at radius 1 is 1.04 bits per heavy atom. The summed E-state index contributed by atoms with van der Waals surface area (Å²) in [7, 11) is 0. The Morgan fingerprint density at radius 2 is 1.64 bits per heavy atom. The van der Waals surface area contributed by atoms with Gasteiger partial charge in [0.05, 0.1) is 6.42 Å². The van der Waals surface area contributed by atoms with E-state index in [1.807, 2.05) is 13.8 Å². The minimum absolute atomic E-state index is 0.162. The Hall–Kier alpha value is -2.40. The smallest absolute Gasteiger partial charge is 0.242 e. The number of carbonyl (C=O) groups excluding carboxylic acids is 2. The summed E-state index contributed by atoms with van der Waals surface area (Å²) in [4.78, 5) is 27.3. The van der Waals surface area contributed by atoms with E-state index in [2.05, 4.69) is 5.32 Å². The lowest BCUT2D eigenvalue weighted by atomic mass is 10.1. The van der Waals surface area contributed by atoms with E-state index < -0.39 is 6.04 Å². The van der Waals surface area contributed by atoms with Crippen molar-refractivity contribution < 1.29 is 14.0 Å². The number of halogens is 2. The van der Waals surface area contributed by atoms with Gasteiger partial charge in [0.2, 0.25) is 11.8 Å². The van der Waals surface area contributed by atoms with E-state index in [4.69, 9.17) is 11.6 Å². The maximum atomic E-state index is 13.2. The van der Waals surface area contributed by atoms with Crippen LogP contribution in [0, 0.1) is 5.82 Å². The highest BCUT2D eigenvalue weighted by molar-refractivity contribution is 6.30. The van der Waals surface area contributed by atoms with Gasteiger partial charge in [-0.1, -0.05) is 49.7 Å². The van der Waals surface area contributed by atoms with Crippen LogP contribution in [0.15, 0.2) is 48.5 Å². The predicted octanol–water partition coefficient (Wildman–Crippen LogP) is 4.36. The molecule has 2 aromatic rings. The average molecular weight is 405 g/mol. The molecule has 1 atom stereocenters. The summed E-state index contributed by atoms with van der Waals surface area (Å²) in [5, 5.41) is 3.48. The Balaban J connectivity index is 2.24. The Kier molecular flexibility index (Phi) is 8.45. The van der Waals surface area contributed by atoms with Gasteiger partial charge >= 0.3 is 0 Å². The van der Waals surface area contributed by atoms with Crippen molar-refractivity contribution in [3.63, 3.8) is 0 Å². The minimum Gasteiger partial charge on any atom is -0.354 e. The molecule has 0 saturated carbocycles. The molecule has 2 rings (SSSR count). The summed E-state index contributed by atoms with van der Waals surface area (Å²) in [6, 6.07) is 12.5. The van der Waals surface area contributed by atoms with Crippen molar-refractivity contribution >= 4 is 23.4 Å². The zero-order chi connectivity index (χ0) is 20.5. The Morgan fingerprint density at radius 3 is 2.21 bits per heavy atom. The number of benzene rings is 2. The first kappa shape index (κ1) is 21.9. The largest absolute Gasteiger partial charge is 0.354 e. The van der Waals surface area contributed by atoms with Crippen LogP contribution in [0.3, 0.4) is 0 Å². The van der Waals surface area contributed by atoms with Crippen molar-refractivity contribution in [3.05, 3.63) is 70.5 Å². The molecule has 28 heavy (non-hydrogen) atoms. The van der Waals surface area contributed by atoms with E-state index >= 15 is 0 Å². The molecule has 6 heteroatoms. The molecule has 0 unspecified atom stereocenters. The van der Waals surface area contributed by atoms with Crippen LogP contribution in [0.5, 0.6) is 0 Å². The third-order valence-corrected chi connectivity index (χ3v) is 4.72. The van der Waals surface area contributed by atoms with E-state index in [1.54, 1.807) is 41.3 Å². The quantitative estimate of drug-likeness (QED) is 0.675. The van der Waals surface area contributed by atoms with Gasteiger partial charge in [-0.05, 0) is 48.2 Å². The van der Waals surface area contributed by atoms with Crippen molar-refractivity contribution in [2.24, 2.45) is 0 Å². The molecule has 0 radical (unpaired) electrons. The van der Waals surface area contributed by atoms with Crippen LogP contribution in [-0.2, 0) is 22.6 Å². The minimum atomic E-state index is -0.587. The molecule has 0 aromatic heterocycles. The summed E-state index contributed by atoms with van der Waals surface area (Å²) in [5.74, 6) is -0.670. The van der Waals surface area contributed by atoms with Crippen molar-refractivity contribution in [2.45, 2.75) is 45.7 Å². The van der Waals surface area contributed by atoms with Gasteiger partial charge in [-0.3, -0.25) is 9.59 Å². The van der Waals surface area contributed by atoms with Gasteiger partial charge in [-0.2, -0.15) is 0 Å². The van der Waals surface area contributed by atoms with E-state index in [-0.39, 0.29) is 30.6 Å². The zero-order valence-electron chi connectivity index (χ0n) is 16.3. The average Bonchev–Trinajstić information content (AvgIpc) is 2.69. The van der Waals surface area contributed by atoms with Crippen LogP contribution < -0.4 is 5.32 Å². The van der Waals surface area contributed by atoms with Crippen molar-refractivity contribution in [1.82, 2.24) is 10.2 Å². The Bertz CT molecular complexity index is 778. The number of hydrogen-bond donors (Lipinski definition) is 1. The van der Waals surface area contributed by atoms with Gasteiger partial charge in [0.15, 0.2) is 0 Å². The van der Waals surface area contributed by atoms with Crippen molar-refractivity contribution in [1.29, 1.82) is 0 Å². The molecule has 0 aliphatic rings. The third-order valence-electron chi connectivity index (χ3n) is 4.47. The fraction of sp³-hybridized carbons (Fsp3) is 0.364. The van der Waals surface area contributed by atoms with Gasteiger partial charge in [-0.25, -0.2) is 4.39 Å². The second-order valence-electron chi connectivity index (χ2n) is 6.67. The maximum Gasteiger partial charge on any atom is 0.242 e. The number of carbonyl (C=O) groups is 2. The molecule has 1 N–H and O–H groups in total. The fourth-order valence-electron chi connectivity index (χ4n) is 2.95. The fourth-order valence-corrected chi connectivity index (χ4v) is 3.08. The number of rotatable bonds is 9. The summed E-state index contributed by atoms with van der Waals surface area (Å²) >= 11 is 5.91. The van der Waals surface area contributed by atoms with Crippen molar-refractivity contribution in [2.75, 3.05) is 6.54 Å². The molecule has 2 aromatic carbocycles.